The van der Waals surface area contributed by atoms with E-state index in [0.717, 1.165) is 11.4 Å². The van der Waals surface area contributed by atoms with Crippen LogP contribution in [0.1, 0.15) is 25.2 Å². The average molecular weight is 164 g/mol. The molecule has 1 aromatic rings. The summed E-state index contributed by atoms with van der Waals surface area (Å²) >= 11 is 0. The molecule has 0 radical (unpaired) electrons. The van der Waals surface area contributed by atoms with Gasteiger partial charge in [-0.15, -0.1) is 0 Å². The van der Waals surface area contributed by atoms with Crippen LogP contribution in [0, 0.1) is 6.92 Å². The Bertz CT molecular complexity index is 266. The van der Waals surface area contributed by atoms with Crippen molar-refractivity contribution in [3.63, 3.8) is 0 Å². The quantitative estimate of drug-likeness (QED) is 0.721. The van der Waals surface area contributed by atoms with Gasteiger partial charge in [0, 0.05) is 5.69 Å². The van der Waals surface area contributed by atoms with Crippen molar-refractivity contribution in [3.05, 3.63) is 29.6 Å². The van der Waals surface area contributed by atoms with E-state index in [9.17, 15) is 0 Å². The summed E-state index contributed by atoms with van der Waals surface area (Å²) in [6, 6.07) is 6.09. The lowest BCUT2D eigenvalue weighted by molar-refractivity contribution is 0.430. The highest BCUT2D eigenvalue weighted by Crippen LogP contribution is 2.16. The van der Waals surface area contributed by atoms with E-state index in [-0.39, 0.29) is 5.54 Å². The van der Waals surface area contributed by atoms with Crippen LogP contribution in [0.3, 0.4) is 0 Å². The third-order valence-corrected chi connectivity index (χ3v) is 2.15. The van der Waals surface area contributed by atoms with Gasteiger partial charge in [0.15, 0.2) is 0 Å². The second-order valence-corrected chi connectivity index (χ2v) is 3.54. The van der Waals surface area contributed by atoms with E-state index < -0.39 is 0 Å². The molecule has 0 aromatic carbocycles. The number of hydrogen-bond donors (Lipinski definition) is 1. The molecule has 0 saturated carbocycles. The van der Waals surface area contributed by atoms with Crippen molar-refractivity contribution in [3.8, 4) is 0 Å². The van der Waals surface area contributed by atoms with Gasteiger partial charge in [-0.25, -0.2) is 0 Å². The molecule has 1 heterocycles. The van der Waals surface area contributed by atoms with Crippen molar-refractivity contribution >= 4 is 0 Å². The van der Waals surface area contributed by atoms with Crippen LogP contribution in [0.4, 0.5) is 0 Å². The number of nitrogens with one attached hydrogen (secondary N) is 1. The lowest BCUT2D eigenvalue weighted by atomic mass is 10.0. The van der Waals surface area contributed by atoms with Crippen LogP contribution in [0.15, 0.2) is 18.2 Å². The maximum atomic E-state index is 4.45. The Balaban J connectivity index is 3.03. The highest BCUT2D eigenvalue weighted by atomic mass is 15.0. The molecule has 0 atom stereocenters. The molecule has 0 aliphatic carbocycles. The van der Waals surface area contributed by atoms with Gasteiger partial charge in [0.05, 0.1) is 11.2 Å². The van der Waals surface area contributed by atoms with E-state index in [1.807, 2.05) is 32.2 Å². The maximum absolute atomic E-state index is 4.45. The van der Waals surface area contributed by atoms with Crippen LogP contribution in [0.5, 0.6) is 0 Å². The fourth-order valence-electron chi connectivity index (χ4n) is 1.02. The summed E-state index contributed by atoms with van der Waals surface area (Å²) in [5.74, 6) is 0. The number of nitrogens with zero attached hydrogens (tertiary/aromatic N) is 1. The summed E-state index contributed by atoms with van der Waals surface area (Å²) in [6.07, 6.45) is 0. The molecule has 0 unspecified atom stereocenters. The fraction of sp³-hybridized carbons (Fsp3) is 0.500. The van der Waals surface area contributed by atoms with Crippen molar-refractivity contribution in [1.82, 2.24) is 10.3 Å². The number of rotatable bonds is 2. The Hall–Kier alpha value is -0.890. The first kappa shape index (κ1) is 9.20. The summed E-state index contributed by atoms with van der Waals surface area (Å²) in [5.41, 5.74) is 2.12. The normalized spacial score (nSPS) is 11.7. The molecule has 1 rings (SSSR count). The Morgan fingerprint density at radius 1 is 1.33 bits per heavy atom. The van der Waals surface area contributed by atoms with Crippen LogP contribution >= 0.6 is 0 Å². The number of pyridine rings is 1. The molecule has 66 valence electrons. The second kappa shape index (κ2) is 3.23. The molecule has 2 heteroatoms. The molecule has 2 nitrogen and oxygen atoms in total. The standard InChI is InChI=1S/C10H16N2/c1-8-6-5-7-9(12-8)10(2,3)11-4/h5-7,11H,1-4H3. The summed E-state index contributed by atoms with van der Waals surface area (Å²) in [5, 5.41) is 3.22. The van der Waals surface area contributed by atoms with Gasteiger partial charge >= 0.3 is 0 Å². The Labute approximate surface area is 74.0 Å². The van der Waals surface area contributed by atoms with E-state index >= 15 is 0 Å². The van der Waals surface area contributed by atoms with E-state index in [0.29, 0.717) is 0 Å². The first-order chi connectivity index (χ1) is 5.56. The zero-order valence-electron chi connectivity index (χ0n) is 8.18. The first-order valence-corrected chi connectivity index (χ1v) is 4.19. The number of aryl methyl sites for hydroxylation is 1. The van der Waals surface area contributed by atoms with Crippen LogP contribution in [0.2, 0.25) is 0 Å². The highest BCUT2D eigenvalue weighted by Gasteiger charge is 2.18. The molecule has 0 fully saturated rings. The maximum Gasteiger partial charge on any atom is 0.0602 e. The lowest BCUT2D eigenvalue weighted by Crippen LogP contribution is -2.34. The van der Waals surface area contributed by atoms with Gasteiger partial charge < -0.3 is 5.32 Å². The fourth-order valence-corrected chi connectivity index (χ4v) is 1.02. The Kier molecular flexibility index (Phi) is 2.48. The molecular formula is C10H16N2. The molecule has 1 N–H and O–H groups in total. The predicted molar refractivity (Wildman–Crippen MR) is 51.1 cm³/mol. The van der Waals surface area contributed by atoms with Crippen molar-refractivity contribution in [2.24, 2.45) is 0 Å². The largest absolute Gasteiger partial charge is 0.310 e. The smallest absolute Gasteiger partial charge is 0.0602 e. The van der Waals surface area contributed by atoms with E-state index in [1.54, 1.807) is 0 Å². The topological polar surface area (TPSA) is 24.9 Å². The Morgan fingerprint density at radius 2 is 2.00 bits per heavy atom. The highest BCUT2D eigenvalue weighted by molar-refractivity contribution is 5.16. The molecule has 0 amide bonds. The van der Waals surface area contributed by atoms with E-state index in [2.05, 4.69) is 24.1 Å². The van der Waals surface area contributed by atoms with Crippen molar-refractivity contribution < 1.29 is 0 Å². The van der Waals surface area contributed by atoms with Gasteiger partial charge in [-0.3, -0.25) is 4.98 Å². The Morgan fingerprint density at radius 3 is 2.50 bits per heavy atom. The van der Waals surface area contributed by atoms with Crippen molar-refractivity contribution in [2.45, 2.75) is 26.3 Å². The lowest BCUT2D eigenvalue weighted by Gasteiger charge is -2.23. The molecule has 0 bridgehead atoms. The molecular weight excluding hydrogens is 148 g/mol. The van der Waals surface area contributed by atoms with Crippen LogP contribution in [0.25, 0.3) is 0 Å². The molecule has 12 heavy (non-hydrogen) atoms. The third-order valence-electron chi connectivity index (χ3n) is 2.15. The van der Waals surface area contributed by atoms with Gasteiger partial charge in [-0.05, 0) is 40.0 Å². The van der Waals surface area contributed by atoms with Crippen LogP contribution in [-0.2, 0) is 5.54 Å². The van der Waals surface area contributed by atoms with Gasteiger partial charge in [-0.2, -0.15) is 0 Å². The van der Waals surface area contributed by atoms with Crippen LogP contribution < -0.4 is 5.32 Å². The second-order valence-electron chi connectivity index (χ2n) is 3.54. The van der Waals surface area contributed by atoms with Crippen LogP contribution in [-0.4, -0.2) is 12.0 Å². The first-order valence-electron chi connectivity index (χ1n) is 4.19. The van der Waals surface area contributed by atoms with Gasteiger partial charge in [0.1, 0.15) is 0 Å². The van der Waals surface area contributed by atoms with Gasteiger partial charge in [0.25, 0.3) is 0 Å². The minimum absolute atomic E-state index is 0.0357. The minimum atomic E-state index is -0.0357. The number of hydrogen-bond acceptors (Lipinski definition) is 2. The number of aromatic nitrogens is 1. The minimum Gasteiger partial charge on any atom is -0.310 e. The van der Waals surface area contributed by atoms with E-state index in [1.165, 1.54) is 0 Å². The van der Waals surface area contributed by atoms with E-state index in [4.69, 9.17) is 0 Å². The molecule has 0 saturated heterocycles. The average Bonchev–Trinajstić information content (AvgIpc) is 2.05. The summed E-state index contributed by atoms with van der Waals surface area (Å²) in [4.78, 5) is 4.45. The van der Waals surface area contributed by atoms with Crippen molar-refractivity contribution in [2.75, 3.05) is 7.05 Å². The SMILES string of the molecule is CNC(C)(C)c1cccc(C)n1. The summed E-state index contributed by atoms with van der Waals surface area (Å²) in [7, 11) is 1.95. The molecule has 0 aliphatic rings. The predicted octanol–water partition coefficient (Wildman–Crippen LogP) is 1.84. The summed E-state index contributed by atoms with van der Waals surface area (Å²) in [6.45, 7) is 6.25. The zero-order chi connectivity index (χ0) is 9.19. The molecule has 0 spiro atoms. The van der Waals surface area contributed by atoms with Crippen molar-refractivity contribution in [1.29, 1.82) is 0 Å². The summed E-state index contributed by atoms with van der Waals surface area (Å²) < 4.78 is 0. The monoisotopic (exact) mass is 164 g/mol. The zero-order valence-corrected chi connectivity index (χ0v) is 8.18. The molecule has 0 aliphatic heterocycles. The van der Waals surface area contributed by atoms with Gasteiger partial charge in [0.2, 0.25) is 0 Å². The van der Waals surface area contributed by atoms with Gasteiger partial charge in [-0.1, -0.05) is 6.07 Å². The molecule has 1 aromatic heterocycles. The third kappa shape index (κ3) is 1.83.